The van der Waals surface area contributed by atoms with Gasteiger partial charge in [-0.3, -0.25) is 5.43 Å². The first-order valence-electron chi connectivity index (χ1n) is 9.79. The molecule has 0 saturated carbocycles. The summed E-state index contributed by atoms with van der Waals surface area (Å²) in [5.74, 6) is 0.839. The molecule has 1 heterocycles. The number of hydrogen-bond donors (Lipinski definition) is 1. The van der Waals surface area contributed by atoms with Crippen molar-refractivity contribution in [3.8, 4) is 17.0 Å². The smallest absolute Gasteiger partial charge is 0.204 e. The van der Waals surface area contributed by atoms with Crippen molar-refractivity contribution in [3.63, 3.8) is 0 Å². The zero-order chi connectivity index (χ0) is 20.8. The van der Waals surface area contributed by atoms with Gasteiger partial charge in [0.25, 0.3) is 0 Å². The van der Waals surface area contributed by atoms with Gasteiger partial charge in [-0.2, -0.15) is 5.10 Å². The molecular weight excluding hydrogens is 390 g/mol. The van der Waals surface area contributed by atoms with E-state index in [4.69, 9.17) is 9.72 Å². The number of anilines is 1. The van der Waals surface area contributed by atoms with Crippen LogP contribution in [0.1, 0.15) is 22.9 Å². The summed E-state index contributed by atoms with van der Waals surface area (Å²) in [6.07, 6.45) is 0. The van der Waals surface area contributed by atoms with Gasteiger partial charge >= 0.3 is 0 Å². The van der Waals surface area contributed by atoms with Gasteiger partial charge in [-0.15, -0.1) is 11.3 Å². The molecule has 0 spiro atoms. The van der Waals surface area contributed by atoms with Gasteiger partial charge < -0.3 is 4.74 Å². The fourth-order valence-electron chi connectivity index (χ4n) is 3.04. The number of thiazole rings is 1. The third-order valence-electron chi connectivity index (χ3n) is 4.68. The Balaban J connectivity index is 1.39. The molecule has 0 bridgehead atoms. The first kappa shape index (κ1) is 19.9. The highest BCUT2D eigenvalue weighted by atomic mass is 32.1. The largest absolute Gasteiger partial charge is 0.489 e. The van der Waals surface area contributed by atoms with Crippen LogP contribution < -0.4 is 10.2 Å². The fourth-order valence-corrected chi connectivity index (χ4v) is 3.82. The zero-order valence-corrected chi connectivity index (χ0v) is 17.8. The molecule has 0 amide bonds. The molecule has 4 rings (SSSR count). The molecule has 1 N–H and O–H groups in total. The molecular formula is C25H23N3OS. The minimum Gasteiger partial charge on any atom is -0.489 e. The maximum absolute atomic E-state index is 5.85. The van der Waals surface area contributed by atoms with Crippen molar-refractivity contribution in [2.75, 3.05) is 5.43 Å². The number of ether oxygens (including phenoxy) is 1. The van der Waals surface area contributed by atoms with E-state index in [1.165, 1.54) is 0 Å². The maximum Gasteiger partial charge on any atom is 0.204 e. The molecule has 5 heteroatoms. The van der Waals surface area contributed by atoms with Crippen LogP contribution in [0, 0.1) is 6.92 Å². The Kier molecular flexibility index (Phi) is 6.20. The van der Waals surface area contributed by atoms with Crippen molar-refractivity contribution in [2.45, 2.75) is 20.5 Å². The number of aromatic nitrogens is 1. The number of nitrogens with zero attached hydrogens (tertiary/aromatic N) is 2. The Labute approximate surface area is 180 Å². The molecule has 0 atom stereocenters. The molecule has 0 aliphatic heterocycles. The zero-order valence-electron chi connectivity index (χ0n) is 17.0. The lowest BCUT2D eigenvalue weighted by atomic mass is 10.1. The molecule has 0 fully saturated rings. The normalized spacial score (nSPS) is 11.3. The molecule has 0 radical (unpaired) electrons. The van der Waals surface area contributed by atoms with E-state index < -0.39 is 0 Å². The van der Waals surface area contributed by atoms with Gasteiger partial charge in [0, 0.05) is 10.4 Å². The van der Waals surface area contributed by atoms with Gasteiger partial charge in [-0.1, -0.05) is 60.7 Å². The van der Waals surface area contributed by atoms with Crippen LogP contribution in [0.3, 0.4) is 0 Å². The molecule has 0 saturated heterocycles. The highest BCUT2D eigenvalue weighted by molar-refractivity contribution is 7.16. The second-order valence-electron chi connectivity index (χ2n) is 6.90. The number of rotatable bonds is 7. The molecule has 150 valence electrons. The number of hydrogen-bond acceptors (Lipinski definition) is 5. The van der Waals surface area contributed by atoms with Crippen molar-refractivity contribution >= 4 is 22.2 Å². The van der Waals surface area contributed by atoms with Crippen LogP contribution >= 0.6 is 11.3 Å². The summed E-state index contributed by atoms with van der Waals surface area (Å²) in [6.45, 7) is 4.61. The van der Waals surface area contributed by atoms with Gasteiger partial charge in [0.15, 0.2) is 0 Å². The van der Waals surface area contributed by atoms with Crippen molar-refractivity contribution in [2.24, 2.45) is 5.10 Å². The first-order chi connectivity index (χ1) is 14.7. The topological polar surface area (TPSA) is 46.5 Å². The Morgan fingerprint density at radius 3 is 2.30 bits per heavy atom. The second-order valence-corrected chi connectivity index (χ2v) is 8.10. The van der Waals surface area contributed by atoms with Crippen LogP contribution in [-0.2, 0) is 6.61 Å². The number of nitrogens with one attached hydrogen (secondary N) is 1. The van der Waals surface area contributed by atoms with E-state index in [1.54, 1.807) is 11.3 Å². The lowest BCUT2D eigenvalue weighted by molar-refractivity contribution is 0.306. The number of benzene rings is 3. The summed E-state index contributed by atoms with van der Waals surface area (Å²) in [5, 5.41) is 5.30. The van der Waals surface area contributed by atoms with Gasteiger partial charge in [0.2, 0.25) is 5.13 Å². The lowest BCUT2D eigenvalue weighted by Gasteiger charge is -2.07. The minimum atomic E-state index is 0.557. The van der Waals surface area contributed by atoms with Crippen LogP contribution in [0.4, 0.5) is 5.13 Å². The summed E-state index contributed by atoms with van der Waals surface area (Å²) in [5.41, 5.74) is 8.28. The summed E-state index contributed by atoms with van der Waals surface area (Å²) in [4.78, 5) is 5.86. The Morgan fingerprint density at radius 2 is 1.60 bits per heavy atom. The van der Waals surface area contributed by atoms with Crippen LogP contribution in [-0.4, -0.2) is 10.7 Å². The maximum atomic E-state index is 5.85. The summed E-state index contributed by atoms with van der Waals surface area (Å²) in [7, 11) is 0. The number of hydrazone groups is 1. The molecule has 3 aromatic carbocycles. The van der Waals surface area contributed by atoms with Crippen molar-refractivity contribution in [1.82, 2.24) is 4.98 Å². The van der Waals surface area contributed by atoms with Crippen LogP contribution in [0.5, 0.6) is 5.75 Å². The molecule has 0 aliphatic rings. The lowest BCUT2D eigenvalue weighted by Crippen LogP contribution is -2.00. The van der Waals surface area contributed by atoms with Gasteiger partial charge in [0.1, 0.15) is 12.4 Å². The Bertz CT molecular complexity index is 1120. The number of aryl methyl sites for hydroxylation is 1. The molecule has 0 unspecified atom stereocenters. The van der Waals surface area contributed by atoms with Crippen molar-refractivity contribution < 1.29 is 4.74 Å². The standard InChI is InChI=1S/C25H23N3OS/c1-18(21-13-15-23(16-14-21)29-17-20-9-5-3-6-10-20)27-28-25-26-24(19(2)30-25)22-11-7-4-8-12-22/h3-16H,17H2,1-2H3,(H,26,28). The van der Waals surface area contributed by atoms with E-state index in [2.05, 4.69) is 41.7 Å². The predicted octanol–water partition coefficient (Wildman–Crippen LogP) is 6.53. The van der Waals surface area contributed by atoms with Crippen LogP contribution in [0.15, 0.2) is 90.0 Å². The average Bonchev–Trinajstić information content (AvgIpc) is 3.18. The predicted molar refractivity (Wildman–Crippen MR) is 125 cm³/mol. The first-order valence-corrected chi connectivity index (χ1v) is 10.6. The second kappa shape index (κ2) is 9.37. The third-order valence-corrected chi connectivity index (χ3v) is 5.56. The van der Waals surface area contributed by atoms with Gasteiger partial charge in [-0.05, 0) is 49.2 Å². The van der Waals surface area contributed by atoms with E-state index >= 15 is 0 Å². The minimum absolute atomic E-state index is 0.557. The van der Waals surface area contributed by atoms with E-state index in [0.717, 1.165) is 43.9 Å². The summed E-state index contributed by atoms with van der Waals surface area (Å²) < 4.78 is 5.85. The highest BCUT2D eigenvalue weighted by Gasteiger charge is 2.09. The third kappa shape index (κ3) is 4.93. The SMILES string of the molecule is CC(=NNc1nc(-c2ccccc2)c(C)s1)c1ccc(OCc2ccccc2)cc1. The Morgan fingerprint density at radius 1 is 0.933 bits per heavy atom. The van der Waals surface area contributed by atoms with Gasteiger partial charge in [0.05, 0.1) is 11.4 Å². The van der Waals surface area contributed by atoms with Gasteiger partial charge in [-0.25, -0.2) is 4.98 Å². The Hall–Kier alpha value is -3.44. The van der Waals surface area contributed by atoms with Crippen molar-refractivity contribution in [3.05, 3.63) is 101 Å². The average molecular weight is 414 g/mol. The van der Waals surface area contributed by atoms with E-state index in [0.29, 0.717) is 6.61 Å². The molecule has 4 aromatic rings. The fraction of sp³-hybridized carbons (Fsp3) is 0.120. The van der Waals surface area contributed by atoms with Crippen molar-refractivity contribution in [1.29, 1.82) is 0 Å². The van der Waals surface area contributed by atoms with E-state index in [9.17, 15) is 0 Å². The summed E-state index contributed by atoms with van der Waals surface area (Å²) in [6, 6.07) is 28.3. The van der Waals surface area contributed by atoms with E-state index in [1.807, 2.05) is 67.6 Å². The molecule has 0 aliphatic carbocycles. The van der Waals surface area contributed by atoms with Crippen LogP contribution in [0.2, 0.25) is 0 Å². The molecule has 4 nitrogen and oxygen atoms in total. The molecule has 1 aromatic heterocycles. The van der Waals surface area contributed by atoms with Crippen LogP contribution in [0.25, 0.3) is 11.3 Å². The quantitative estimate of drug-likeness (QED) is 0.277. The highest BCUT2D eigenvalue weighted by Crippen LogP contribution is 2.30. The van der Waals surface area contributed by atoms with E-state index in [-0.39, 0.29) is 0 Å². The summed E-state index contributed by atoms with van der Waals surface area (Å²) >= 11 is 1.60. The monoisotopic (exact) mass is 413 g/mol. The molecule has 30 heavy (non-hydrogen) atoms.